The zero-order chi connectivity index (χ0) is 13.8. The lowest BCUT2D eigenvalue weighted by molar-refractivity contribution is 0.112. The Bertz CT molecular complexity index is 600. The second kappa shape index (κ2) is 5.97. The highest BCUT2D eigenvalue weighted by Gasteiger charge is 2.08. The van der Waals surface area contributed by atoms with E-state index in [0.717, 1.165) is 16.4 Å². The molecule has 2 nitrogen and oxygen atoms in total. The van der Waals surface area contributed by atoms with E-state index in [2.05, 4.69) is 15.9 Å². The molecule has 19 heavy (non-hydrogen) atoms. The number of nitrogens with zero attached hydrogens (tertiary/aromatic N) is 1. The molecule has 0 spiro atoms. The van der Waals surface area contributed by atoms with Crippen LogP contribution in [0, 0.1) is 5.82 Å². The van der Waals surface area contributed by atoms with Crippen LogP contribution in [0.3, 0.4) is 0 Å². The van der Waals surface area contributed by atoms with Crippen LogP contribution in [0.15, 0.2) is 46.9 Å². The number of benzene rings is 2. The lowest BCUT2D eigenvalue weighted by atomic mass is 10.1. The first-order valence-electron chi connectivity index (χ1n) is 5.81. The van der Waals surface area contributed by atoms with E-state index in [0.29, 0.717) is 17.7 Å². The summed E-state index contributed by atoms with van der Waals surface area (Å²) >= 11 is 3.34. The number of carbonyl (C=O) groups is 1. The van der Waals surface area contributed by atoms with Crippen molar-refractivity contribution in [1.82, 2.24) is 0 Å². The molecular formula is C15H13BrFNO. The predicted molar refractivity (Wildman–Crippen MR) is 78.0 cm³/mol. The van der Waals surface area contributed by atoms with Crippen molar-refractivity contribution in [3.63, 3.8) is 0 Å². The van der Waals surface area contributed by atoms with Crippen molar-refractivity contribution in [1.29, 1.82) is 0 Å². The number of halogens is 2. The highest BCUT2D eigenvalue weighted by molar-refractivity contribution is 9.10. The molecule has 0 N–H and O–H groups in total. The van der Waals surface area contributed by atoms with Gasteiger partial charge in [0, 0.05) is 34.9 Å². The van der Waals surface area contributed by atoms with Gasteiger partial charge in [-0.05, 0) is 40.2 Å². The Kier molecular flexibility index (Phi) is 4.32. The molecule has 2 rings (SSSR count). The summed E-state index contributed by atoms with van der Waals surface area (Å²) in [5.41, 5.74) is 2.16. The van der Waals surface area contributed by atoms with Crippen LogP contribution in [0.5, 0.6) is 0 Å². The molecule has 0 heterocycles. The minimum atomic E-state index is -0.210. The van der Waals surface area contributed by atoms with E-state index >= 15 is 0 Å². The standard InChI is InChI=1S/C15H13BrFNO/c1-18(9-11-4-2-3-5-15(11)17)13-7-6-12(10-19)14(16)8-13/h2-8,10H,9H2,1H3. The predicted octanol–water partition coefficient (Wildman–Crippen LogP) is 4.04. The average Bonchev–Trinajstić information content (AvgIpc) is 2.41. The molecule has 0 radical (unpaired) electrons. The van der Waals surface area contributed by atoms with Crippen LogP contribution >= 0.6 is 15.9 Å². The van der Waals surface area contributed by atoms with Crippen LogP contribution in [-0.4, -0.2) is 13.3 Å². The zero-order valence-electron chi connectivity index (χ0n) is 10.4. The second-order valence-corrected chi connectivity index (χ2v) is 5.13. The molecule has 0 fully saturated rings. The summed E-state index contributed by atoms with van der Waals surface area (Å²) < 4.78 is 14.3. The van der Waals surface area contributed by atoms with Gasteiger partial charge in [0.25, 0.3) is 0 Å². The molecular weight excluding hydrogens is 309 g/mol. The third kappa shape index (κ3) is 3.20. The van der Waals surface area contributed by atoms with E-state index in [1.165, 1.54) is 6.07 Å². The van der Waals surface area contributed by atoms with Crippen LogP contribution in [0.2, 0.25) is 0 Å². The van der Waals surface area contributed by atoms with E-state index in [9.17, 15) is 9.18 Å². The van der Waals surface area contributed by atoms with Gasteiger partial charge in [-0.3, -0.25) is 4.79 Å². The Hall–Kier alpha value is -1.68. The fourth-order valence-corrected chi connectivity index (χ4v) is 2.28. The normalized spacial score (nSPS) is 10.3. The summed E-state index contributed by atoms with van der Waals surface area (Å²) in [4.78, 5) is 12.7. The molecule has 0 amide bonds. The summed E-state index contributed by atoms with van der Waals surface area (Å²) in [7, 11) is 1.88. The zero-order valence-corrected chi connectivity index (χ0v) is 12.0. The summed E-state index contributed by atoms with van der Waals surface area (Å²) in [6, 6.07) is 12.1. The molecule has 0 aromatic heterocycles. The van der Waals surface area contributed by atoms with Gasteiger partial charge in [-0.1, -0.05) is 18.2 Å². The Morgan fingerprint density at radius 1 is 1.26 bits per heavy atom. The van der Waals surface area contributed by atoms with Crippen molar-refractivity contribution >= 4 is 27.9 Å². The minimum Gasteiger partial charge on any atom is -0.370 e. The topological polar surface area (TPSA) is 20.3 Å². The summed E-state index contributed by atoms with van der Waals surface area (Å²) in [5, 5.41) is 0. The average molecular weight is 322 g/mol. The number of aldehydes is 1. The molecule has 0 unspecified atom stereocenters. The highest BCUT2D eigenvalue weighted by Crippen LogP contribution is 2.24. The van der Waals surface area contributed by atoms with E-state index in [-0.39, 0.29) is 5.82 Å². The van der Waals surface area contributed by atoms with Gasteiger partial charge in [0.05, 0.1) is 0 Å². The van der Waals surface area contributed by atoms with E-state index in [4.69, 9.17) is 0 Å². The molecule has 0 aliphatic rings. The quantitative estimate of drug-likeness (QED) is 0.792. The van der Waals surface area contributed by atoms with Crippen molar-refractivity contribution in [2.24, 2.45) is 0 Å². The molecule has 2 aromatic rings. The molecule has 98 valence electrons. The summed E-state index contributed by atoms with van der Waals surface area (Å²) in [6.45, 7) is 0.472. The second-order valence-electron chi connectivity index (χ2n) is 4.27. The van der Waals surface area contributed by atoms with Gasteiger partial charge in [-0.15, -0.1) is 0 Å². The highest BCUT2D eigenvalue weighted by atomic mass is 79.9. The summed E-state index contributed by atoms with van der Waals surface area (Å²) in [6.07, 6.45) is 0.796. The third-order valence-corrected chi connectivity index (χ3v) is 3.60. The molecule has 4 heteroatoms. The van der Waals surface area contributed by atoms with Gasteiger partial charge in [0.1, 0.15) is 5.82 Å². The maximum absolute atomic E-state index is 13.6. The largest absolute Gasteiger partial charge is 0.370 e. The summed E-state index contributed by atoms with van der Waals surface area (Å²) in [5.74, 6) is -0.210. The Labute approximate surface area is 120 Å². The molecule has 0 atom stereocenters. The SMILES string of the molecule is CN(Cc1ccccc1F)c1ccc(C=O)c(Br)c1. The number of hydrogen-bond donors (Lipinski definition) is 0. The van der Waals surface area contributed by atoms with Crippen LogP contribution in [0.1, 0.15) is 15.9 Å². The first kappa shape index (κ1) is 13.7. The van der Waals surface area contributed by atoms with E-state index in [1.807, 2.05) is 30.1 Å². The maximum atomic E-state index is 13.6. The molecule has 0 bridgehead atoms. The van der Waals surface area contributed by atoms with Gasteiger partial charge in [0.2, 0.25) is 0 Å². The van der Waals surface area contributed by atoms with Crippen molar-refractivity contribution in [3.05, 3.63) is 63.9 Å². The fourth-order valence-electron chi connectivity index (χ4n) is 1.82. The Balaban J connectivity index is 2.20. The van der Waals surface area contributed by atoms with Gasteiger partial charge >= 0.3 is 0 Å². The van der Waals surface area contributed by atoms with Gasteiger partial charge in [-0.2, -0.15) is 0 Å². The Morgan fingerprint density at radius 3 is 2.63 bits per heavy atom. The number of carbonyl (C=O) groups excluding carboxylic acids is 1. The first-order chi connectivity index (χ1) is 9.11. The first-order valence-corrected chi connectivity index (χ1v) is 6.60. The van der Waals surface area contributed by atoms with Gasteiger partial charge < -0.3 is 4.90 Å². The van der Waals surface area contributed by atoms with Crippen molar-refractivity contribution in [2.45, 2.75) is 6.54 Å². The van der Waals surface area contributed by atoms with Crippen molar-refractivity contribution in [3.8, 4) is 0 Å². The van der Waals surface area contributed by atoms with Crippen molar-refractivity contribution < 1.29 is 9.18 Å². The van der Waals surface area contributed by atoms with Gasteiger partial charge in [0.15, 0.2) is 6.29 Å². The lowest BCUT2D eigenvalue weighted by Crippen LogP contribution is -2.17. The molecule has 2 aromatic carbocycles. The Morgan fingerprint density at radius 2 is 2.00 bits per heavy atom. The van der Waals surface area contributed by atoms with E-state index in [1.54, 1.807) is 18.2 Å². The van der Waals surface area contributed by atoms with Crippen molar-refractivity contribution in [2.75, 3.05) is 11.9 Å². The lowest BCUT2D eigenvalue weighted by Gasteiger charge is -2.20. The molecule has 0 aliphatic carbocycles. The van der Waals surface area contributed by atoms with Crippen LogP contribution in [-0.2, 0) is 6.54 Å². The molecule has 0 saturated carbocycles. The third-order valence-electron chi connectivity index (χ3n) is 2.92. The van der Waals surface area contributed by atoms with E-state index < -0.39 is 0 Å². The molecule has 0 saturated heterocycles. The van der Waals surface area contributed by atoms with Crippen LogP contribution in [0.4, 0.5) is 10.1 Å². The number of hydrogen-bond acceptors (Lipinski definition) is 2. The minimum absolute atomic E-state index is 0.210. The van der Waals surface area contributed by atoms with Crippen LogP contribution in [0.25, 0.3) is 0 Å². The monoisotopic (exact) mass is 321 g/mol. The van der Waals surface area contributed by atoms with Crippen LogP contribution < -0.4 is 4.90 Å². The number of anilines is 1. The fraction of sp³-hybridized carbons (Fsp3) is 0.133. The van der Waals surface area contributed by atoms with Gasteiger partial charge in [-0.25, -0.2) is 4.39 Å². The maximum Gasteiger partial charge on any atom is 0.151 e. The smallest absolute Gasteiger partial charge is 0.151 e. The number of rotatable bonds is 4. The molecule has 0 aliphatic heterocycles.